The Balaban J connectivity index is 2.22. The van der Waals surface area contributed by atoms with Gasteiger partial charge in [0.15, 0.2) is 0 Å². The molecule has 3 aromatic rings. The molecule has 0 saturated heterocycles. The summed E-state index contributed by atoms with van der Waals surface area (Å²) in [5.41, 5.74) is 2.30. The number of halogens is 3. The highest BCUT2D eigenvalue weighted by Gasteiger charge is 2.33. The maximum atomic E-state index is 13.2. The molecule has 0 spiro atoms. The van der Waals surface area contributed by atoms with Crippen LogP contribution in [-0.2, 0) is 4.87 Å². The van der Waals surface area contributed by atoms with Crippen molar-refractivity contribution in [1.29, 1.82) is 0 Å². The summed E-state index contributed by atoms with van der Waals surface area (Å²) in [5, 5.41) is 0. The molecule has 0 aliphatic rings. The highest BCUT2D eigenvalue weighted by atomic mass is 35.5. The van der Waals surface area contributed by atoms with Gasteiger partial charge in [0.2, 0.25) is 0 Å². The van der Waals surface area contributed by atoms with Crippen molar-refractivity contribution in [2.24, 2.45) is 0 Å². The van der Waals surface area contributed by atoms with Gasteiger partial charge < -0.3 is 0 Å². The second-order valence-electron chi connectivity index (χ2n) is 5.04. The van der Waals surface area contributed by atoms with E-state index in [0.717, 1.165) is 16.7 Å². The maximum absolute atomic E-state index is 13.2. The summed E-state index contributed by atoms with van der Waals surface area (Å²) in [6.07, 6.45) is 0. The first-order valence-corrected chi connectivity index (χ1v) is 7.25. The largest absolute Gasteiger partial charge is 0.207 e. The Kier molecular flexibility index (Phi) is 3.95. The van der Waals surface area contributed by atoms with E-state index >= 15 is 0 Å². The molecule has 110 valence electrons. The first-order chi connectivity index (χ1) is 10.6. The van der Waals surface area contributed by atoms with E-state index in [-0.39, 0.29) is 11.6 Å². The fraction of sp³-hybridized carbons (Fsp3) is 0.0526. The third kappa shape index (κ3) is 2.62. The number of hydrogen-bond acceptors (Lipinski definition) is 0. The van der Waals surface area contributed by atoms with Crippen LogP contribution >= 0.6 is 11.6 Å². The van der Waals surface area contributed by atoms with Crippen LogP contribution in [0, 0.1) is 11.6 Å². The minimum absolute atomic E-state index is 0.324. The van der Waals surface area contributed by atoms with Gasteiger partial charge in [-0.1, -0.05) is 54.6 Å². The van der Waals surface area contributed by atoms with E-state index in [1.165, 1.54) is 24.3 Å². The number of rotatable bonds is 3. The van der Waals surface area contributed by atoms with E-state index in [0.29, 0.717) is 0 Å². The monoisotopic (exact) mass is 314 g/mol. The second-order valence-corrected chi connectivity index (χ2v) is 5.61. The average Bonchev–Trinajstić information content (AvgIpc) is 2.56. The quantitative estimate of drug-likeness (QED) is 0.442. The van der Waals surface area contributed by atoms with Crippen LogP contribution in [-0.4, -0.2) is 0 Å². The van der Waals surface area contributed by atoms with Crippen LogP contribution < -0.4 is 0 Å². The van der Waals surface area contributed by atoms with Crippen LogP contribution in [0.2, 0.25) is 0 Å². The van der Waals surface area contributed by atoms with Crippen molar-refractivity contribution in [1.82, 2.24) is 0 Å². The standard InChI is InChI=1S/C19H13ClF2/c20-19(14-4-2-1-3-5-14,15-6-10-17(21)11-7-15)16-8-12-18(22)13-9-16/h1-13H. The summed E-state index contributed by atoms with van der Waals surface area (Å²) in [6, 6.07) is 21.6. The number of alkyl halides is 1. The maximum Gasteiger partial charge on any atom is 0.123 e. The highest BCUT2D eigenvalue weighted by molar-refractivity contribution is 6.28. The van der Waals surface area contributed by atoms with Gasteiger partial charge in [0.1, 0.15) is 16.5 Å². The topological polar surface area (TPSA) is 0 Å². The van der Waals surface area contributed by atoms with E-state index in [2.05, 4.69) is 0 Å². The summed E-state index contributed by atoms with van der Waals surface area (Å²) >= 11 is 6.98. The molecule has 0 saturated carbocycles. The highest BCUT2D eigenvalue weighted by Crippen LogP contribution is 2.42. The van der Waals surface area contributed by atoms with Gasteiger partial charge in [-0.15, -0.1) is 11.6 Å². The predicted molar refractivity (Wildman–Crippen MR) is 85.0 cm³/mol. The Labute approximate surface area is 133 Å². The van der Waals surface area contributed by atoms with Crippen molar-refractivity contribution in [2.45, 2.75) is 4.87 Å². The normalized spacial score (nSPS) is 11.4. The van der Waals surface area contributed by atoms with E-state index in [1.54, 1.807) is 24.3 Å². The molecule has 3 aromatic carbocycles. The summed E-state index contributed by atoms with van der Waals surface area (Å²) in [4.78, 5) is -0.997. The van der Waals surface area contributed by atoms with Gasteiger partial charge >= 0.3 is 0 Å². The first-order valence-electron chi connectivity index (χ1n) is 6.87. The number of hydrogen-bond donors (Lipinski definition) is 0. The summed E-state index contributed by atoms with van der Waals surface area (Å²) in [5.74, 6) is -0.648. The third-order valence-corrected chi connectivity index (χ3v) is 4.31. The average molecular weight is 315 g/mol. The van der Waals surface area contributed by atoms with Crippen molar-refractivity contribution < 1.29 is 8.78 Å². The molecule has 0 aromatic heterocycles. The van der Waals surface area contributed by atoms with Gasteiger partial charge in [0, 0.05) is 0 Å². The van der Waals surface area contributed by atoms with Gasteiger partial charge in [-0.2, -0.15) is 0 Å². The van der Waals surface area contributed by atoms with Crippen molar-refractivity contribution >= 4 is 11.6 Å². The van der Waals surface area contributed by atoms with Gasteiger partial charge in [0.05, 0.1) is 0 Å². The smallest absolute Gasteiger partial charge is 0.123 e. The molecule has 3 rings (SSSR count). The van der Waals surface area contributed by atoms with E-state index < -0.39 is 4.87 Å². The van der Waals surface area contributed by atoms with Crippen LogP contribution in [0.15, 0.2) is 78.9 Å². The Morgan fingerprint density at radius 3 is 1.32 bits per heavy atom. The Morgan fingerprint density at radius 1 is 0.545 bits per heavy atom. The van der Waals surface area contributed by atoms with Crippen LogP contribution in [0.4, 0.5) is 8.78 Å². The molecule has 0 bridgehead atoms. The predicted octanol–water partition coefficient (Wildman–Crippen LogP) is 5.50. The van der Waals surface area contributed by atoms with Crippen LogP contribution in [0.25, 0.3) is 0 Å². The van der Waals surface area contributed by atoms with Gasteiger partial charge in [-0.25, -0.2) is 8.78 Å². The van der Waals surface area contributed by atoms with E-state index in [1.807, 2.05) is 30.3 Å². The first kappa shape index (κ1) is 14.7. The molecular formula is C19H13ClF2. The molecule has 0 unspecified atom stereocenters. The van der Waals surface area contributed by atoms with Gasteiger partial charge in [-0.05, 0) is 41.0 Å². The number of benzene rings is 3. The van der Waals surface area contributed by atoms with Crippen molar-refractivity contribution in [3.63, 3.8) is 0 Å². The zero-order chi connectivity index (χ0) is 15.6. The van der Waals surface area contributed by atoms with Gasteiger partial charge in [-0.3, -0.25) is 0 Å². The molecule has 3 heteroatoms. The van der Waals surface area contributed by atoms with Crippen molar-refractivity contribution in [2.75, 3.05) is 0 Å². The fourth-order valence-electron chi connectivity index (χ4n) is 2.53. The summed E-state index contributed by atoms with van der Waals surface area (Å²) in [6.45, 7) is 0. The third-order valence-electron chi connectivity index (χ3n) is 3.66. The van der Waals surface area contributed by atoms with Crippen molar-refractivity contribution in [3.8, 4) is 0 Å². The lowest BCUT2D eigenvalue weighted by atomic mass is 9.84. The van der Waals surface area contributed by atoms with Crippen molar-refractivity contribution in [3.05, 3.63) is 107 Å². The molecule has 0 heterocycles. The molecule has 22 heavy (non-hydrogen) atoms. The Hall–Kier alpha value is -2.19. The summed E-state index contributed by atoms with van der Waals surface area (Å²) < 4.78 is 26.5. The van der Waals surface area contributed by atoms with E-state index in [9.17, 15) is 8.78 Å². The zero-order valence-electron chi connectivity index (χ0n) is 11.6. The lowest BCUT2D eigenvalue weighted by Crippen LogP contribution is -2.22. The van der Waals surface area contributed by atoms with Crippen LogP contribution in [0.3, 0.4) is 0 Å². The lowest BCUT2D eigenvalue weighted by Gasteiger charge is -2.29. The molecule has 0 radical (unpaired) electrons. The molecule has 0 aliphatic heterocycles. The molecule has 0 N–H and O–H groups in total. The summed E-state index contributed by atoms with van der Waals surface area (Å²) in [7, 11) is 0. The molecular weight excluding hydrogens is 302 g/mol. The fourth-order valence-corrected chi connectivity index (χ4v) is 2.90. The Bertz CT molecular complexity index is 704. The minimum atomic E-state index is -0.997. The van der Waals surface area contributed by atoms with E-state index in [4.69, 9.17) is 11.6 Å². The SMILES string of the molecule is Fc1ccc(C(Cl)(c2ccccc2)c2ccc(F)cc2)cc1. The Morgan fingerprint density at radius 2 is 0.909 bits per heavy atom. The lowest BCUT2D eigenvalue weighted by molar-refractivity contribution is 0.625. The molecule has 0 amide bonds. The second kappa shape index (κ2) is 5.90. The van der Waals surface area contributed by atoms with Crippen LogP contribution in [0.5, 0.6) is 0 Å². The van der Waals surface area contributed by atoms with Gasteiger partial charge in [0.25, 0.3) is 0 Å². The molecule has 0 nitrogen and oxygen atoms in total. The van der Waals surface area contributed by atoms with Crippen LogP contribution in [0.1, 0.15) is 16.7 Å². The molecule has 0 aliphatic carbocycles. The zero-order valence-corrected chi connectivity index (χ0v) is 12.4. The molecule has 0 atom stereocenters. The minimum Gasteiger partial charge on any atom is -0.207 e. The molecule has 0 fully saturated rings.